The van der Waals surface area contributed by atoms with Gasteiger partial charge in [-0.1, -0.05) is 0 Å². The number of ether oxygens (including phenoxy) is 1. The molecule has 1 saturated carbocycles. The van der Waals surface area contributed by atoms with Gasteiger partial charge in [0, 0.05) is 6.54 Å². The number of hydrogen-bond donors (Lipinski definition) is 2. The average molecular weight is 237 g/mol. The van der Waals surface area contributed by atoms with Crippen LogP contribution in [0.15, 0.2) is 6.33 Å². The van der Waals surface area contributed by atoms with Crippen molar-refractivity contribution in [2.45, 2.75) is 32.8 Å². The largest absolute Gasteiger partial charge is 0.478 e. The molecule has 0 spiro atoms. The molecule has 0 unspecified atom stereocenters. The molecule has 1 aliphatic carbocycles. The zero-order valence-electron chi connectivity index (χ0n) is 10.3. The maximum absolute atomic E-state index is 9.21. The van der Waals surface area contributed by atoms with E-state index in [0.717, 1.165) is 30.8 Å². The predicted octanol–water partition coefficient (Wildman–Crippen LogP) is 1.37. The van der Waals surface area contributed by atoms with Crippen molar-refractivity contribution in [1.82, 2.24) is 9.97 Å². The summed E-state index contributed by atoms with van der Waals surface area (Å²) in [6.45, 7) is 5.33. The van der Waals surface area contributed by atoms with Crippen molar-refractivity contribution < 1.29 is 9.84 Å². The summed E-state index contributed by atoms with van der Waals surface area (Å²) < 4.78 is 5.41. The van der Waals surface area contributed by atoms with E-state index in [0.29, 0.717) is 18.4 Å². The Morgan fingerprint density at radius 3 is 2.88 bits per heavy atom. The zero-order valence-corrected chi connectivity index (χ0v) is 10.3. The lowest BCUT2D eigenvalue weighted by Crippen LogP contribution is -2.33. The second-order valence-electron chi connectivity index (χ2n) is 4.46. The Bertz CT molecular complexity index is 378. The van der Waals surface area contributed by atoms with Crippen LogP contribution in [0.5, 0.6) is 5.88 Å². The third-order valence-corrected chi connectivity index (χ3v) is 3.09. The molecule has 1 aliphatic rings. The molecule has 1 heterocycles. The van der Waals surface area contributed by atoms with E-state index in [9.17, 15) is 5.11 Å². The third-order valence-electron chi connectivity index (χ3n) is 3.09. The molecule has 17 heavy (non-hydrogen) atoms. The Morgan fingerprint density at radius 1 is 1.47 bits per heavy atom. The molecule has 2 N–H and O–H groups in total. The fraction of sp³-hybridized carbons (Fsp3) is 0.667. The van der Waals surface area contributed by atoms with Crippen LogP contribution in [-0.2, 0) is 0 Å². The van der Waals surface area contributed by atoms with Crippen molar-refractivity contribution >= 4 is 5.82 Å². The van der Waals surface area contributed by atoms with Crippen LogP contribution in [0.25, 0.3) is 0 Å². The summed E-state index contributed by atoms with van der Waals surface area (Å²) in [4.78, 5) is 8.29. The van der Waals surface area contributed by atoms with E-state index >= 15 is 0 Å². The highest BCUT2D eigenvalue weighted by Gasteiger charge is 2.26. The van der Waals surface area contributed by atoms with Gasteiger partial charge in [-0.2, -0.15) is 0 Å². The van der Waals surface area contributed by atoms with E-state index in [1.807, 2.05) is 13.8 Å². The van der Waals surface area contributed by atoms with Crippen LogP contribution >= 0.6 is 0 Å². The zero-order chi connectivity index (χ0) is 12.3. The maximum Gasteiger partial charge on any atom is 0.221 e. The molecule has 94 valence electrons. The number of nitrogens with zero attached hydrogens (tertiary/aromatic N) is 2. The van der Waals surface area contributed by atoms with Crippen LogP contribution < -0.4 is 10.1 Å². The van der Waals surface area contributed by atoms with Crippen LogP contribution in [0.2, 0.25) is 0 Å². The van der Waals surface area contributed by atoms with Gasteiger partial charge in [-0.3, -0.25) is 0 Å². The minimum absolute atomic E-state index is 0.104. The second-order valence-corrected chi connectivity index (χ2v) is 4.46. The van der Waals surface area contributed by atoms with Crippen molar-refractivity contribution in [2.24, 2.45) is 5.92 Å². The van der Waals surface area contributed by atoms with E-state index in [-0.39, 0.29) is 6.10 Å². The van der Waals surface area contributed by atoms with Gasteiger partial charge in [-0.05, 0) is 32.6 Å². The molecule has 0 aromatic carbocycles. The summed E-state index contributed by atoms with van der Waals surface area (Å²) in [5.74, 6) is 2.01. The van der Waals surface area contributed by atoms with Gasteiger partial charge in [-0.25, -0.2) is 9.97 Å². The van der Waals surface area contributed by atoms with Gasteiger partial charge < -0.3 is 15.2 Å². The molecule has 5 heteroatoms. The van der Waals surface area contributed by atoms with Crippen molar-refractivity contribution in [3.05, 3.63) is 11.9 Å². The monoisotopic (exact) mass is 237 g/mol. The lowest BCUT2D eigenvalue weighted by Gasteiger charge is -2.31. The van der Waals surface area contributed by atoms with Gasteiger partial charge >= 0.3 is 0 Å². The quantitative estimate of drug-likeness (QED) is 0.809. The minimum atomic E-state index is -0.104. The van der Waals surface area contributed by atoms with Gasteiger partial charge in [0.05, 0.1) is 18.3 Å². The van der Waals surface area contributed by atoms with Crippen molar-refractivity contribution in [2.75, 3.05) is 18.5 Å². The fourth-order valence-corrected chi connectivity index (χ4v) is 2.00. The third kappa shape index (κ3) is 2.85. The number of aliphatic hydroxyl groups is 1. The van der Waals surface area contributed by atoms with Gasteiger partial charge in [0.2, 0.25) is 5.88 Å². The number of rotatable bonds is 5. The van der Waals surface area contributed by atoms with Crippen LogP contribution in [0.3, 0.4) is 0 Å². The summed E-state index contributed by atoms with van der Waals surface area (Å²) in [6, 6.07) is 0. The molecule has 0 radical (unpaired) electrons. The summed E-state index contributed by atoms with van der Waals surface area (Å²) >= 11 is 0. The summed E-state index contributed by atoms with van der Waals surface area (Å²) in [5, 5.41) is 12.5. The second kappa shape index (κ2) is 5.31. The normalized spacial score (nSPS) is 23.0. The first-order valence-corrected chi connectivity index (χ1v) is 6.07. The van der Waals surface area contributed by atoms with Crippen molar-refractivity contribution in [3.63, 3.8) is 0 Å². The summed E-state index contributed by atoms with van der Waals surface area (Å²) in [7, 11) is 0. The first-order valence-electron chi connectivity index (χ1n) is 6.07. The first-order chi connectivity index (χ1) is 8.20. The highest BCUT2D eigenvalue weighted by atomic mass is 16.5. The van der Waals surface area contributed by atoms with Crippen LogP contribution in [0.4, 0.5) is 5.82 Å². The Hall–Kier alpha value is -1.36. The maximum atomic E-state index is 9.21. The van der Waals surface area contributed by atoms with Gasteiger partial charge in [0.1, 0.15) is 12.1 Å². The highest BCUT2D eigenvalue weighted by molar-refractivity contribution is 5.47. The molecular weight excluding hydrogens is 218 g/mol. The van der Waals surface area contributed by atoms with Crippen molar-refractivity contribution in [3.8, 4) is 5.88 Å². The Morgan fingerprint density at radius 2 is 2.24 bits per heavy atom. The lowest BCUT2D eigenvalue weighted by molar-refractivity contribution is 0.0486. The number of hydrogen-bond acceptors (Lipinski definition) is 5. The van der Waals surface area contributed by atoms with Crippen LogP contribution in [0.1, 0.15) is 25.3 Å². The minimum Gasteiger partial charge on any atom is -0.478 e. The molecule has 1 aromatic heterocycles. The van der Waals surface area contributed by atoms with Crippen LogP contribution in [0, 0.1) is 12.8 Å². The van der Waals surface area contributed by atoms with E-state index < -0.39 is 0 Å². The Labute approximate surface area is 101 Å². The molecule has 0 aliphatic heterocycles. The number of anilines is 1. The first kappa shape index (κ1) is 12.1. The standard InChI is InChI=1S/C12H19N3O2/c1-3-17-12-8(2)11(14-7-15-12)13-6-9-4-10(16)5-9/h7,9-10,16H,3-6H2,1-2H3,(H,13,14,15). The summed E-state index contributed by atoms with van der Waals surface area (Å²) in [6.07, 6.45) is 3.17. The smallest absolute Gasteiger partial charge is 0.221 e. The summed E-state index contributed by atoms with van der Waals surface area (Å²) in [5.41, 5.74) is 0.939. The van der Waals surface area contributed by atoms with Gasteiger partial charge in [0.25, 0.3) is 0 Å². The molecule has 0 amide bonds. The lowest BCUT2D eigenvalue weighted by atomic mass is 9.82. The molecular formula is C12H19N3O2. The fourth-order valence-electron chi connectivity index (χ4n) is 2.00. The SMILES string of the molecule is CCOc1ncnc(NCC2CC(O)C2)c1C. The van der Waals surface area contributed by atoms with Crippen LogP contribution in [-0.4, -0.2) is 34.3 Å². The predicted molar refractivity (Wildman–Crippen MR) is 65.2 cm³/mol. The van der Waals surface area contributed by atoms with E-state index in [4.69, 9.17) is 4.74 Å². The molecule has 1 fully saturated rings. The molecule has 1 aromatic rings. The molecule has 0 bridgehead atoms. The van der Waals surface area contributed by atoms with E-state index in [1.165, 1.54) is 6.33 Å². The number of nitrogens with one attached hydrogen (secondary N) is 1. The molecule has 2 rings (SSSR count). The van der Waals surface area contributed by atoms with Gasteiger partial charge in [0.15, 0.2) is 0 Å². The topological polar surface area (TPSA) is 67.3 Å². The average Bonchev–Trinajstić information content (AvgIpc) is 2.27. The highest BCUT2D eigenvalue weighted by Crippen LogP contribution is 2.28. The van der Waals surface area contributed by atoms with E-state index in [2.05, 4.69) is 15.3 Å². The molecule has 0 atom stereocenters. The Balaban J connectivity index is 1.93. The Kier molecular flexibility index (Phi) is 3.78. The van der Waals surface area contributed by atoms with Crippen molar-refractivity contribution in [1.29, 1.82) is 0 Å². The number of aromatic nitrogens is 2. The van der Waals surface area contributed by atoms with E-state index in [1.54, 1.807) is 0 Å². The van der Waals surface area contributed by atoms with Gasteiger partial charge in [-0.15, -0.1) is 0 Å². The molecule has 0 saturated heterocycles. The number of aliphatic hydroxyl groups excluding tert-OH is 1. The molecule has 5 nitrogen and oxygen atoms in total.